The monoisotopic (exact) mass is 330 g/mol. The quantitative estimate of drug-likeness (QED) is 0.869. The molecule has 0 saturated heterocycles. The topological polar surface area (TPSA) is 66.5 Å². The van der Waals surface area contributed by atoms with Crippen LogP contribution in [0.2, 0.25) is 0 Å². The zero-order valence-electron chi connectivity index (χ0n) is 13.5. The molecular formula is C15H23FN2O3S. The maximum Gasteiger partial charge on any atom is 0.243 e. The fourth-order valence-electron chi connectivity index (χ4n) is 1.91. The molecule has 0 aliphatic carbocycles. The van der Waals surface area contributed by atoms with Crippen molar-refractivity contribution in [1.82, 2.24) is 5.32 Å². The van der Waals surface area contributed by atoms with E-state index >= 15 is 0 Å². The number of carbonyl (C=O) groups excluding carboxylic acids is 1. The number of halogens is 1. The Hall–Kier alpha value is -1.63. The minimum Gasteiger partial charge on any atom is -0.352 e. The molecule has 1 aromatic carbocycles. The van der Waals surface area contributed by atoms with Crippen molar-refractivity contribution >= 4 is 21.6 Å². The SMILES string of the molecule is CC(C)[C@@H](C)NC(=O)[C@@H](C)N(c1ccc(F)cc1)S(C)(=O)=O. The van der Waals surface area contributed by atoms with E-state index < -0.39 is 27.8 Å². The Kier molecular flexibility index (Phi) is 5.93. The Morgan fingerprint density at radius 3 is 2.05 bits per heavy atom. The molecule has 22 heavy (non-hydrogen) atoms. The van der Waals surface area contributed by atoms with E-state index in [0.717, 1.165) is 22.7 Å². The predicted molar refractivity (Wildman–Crippen MR) is 85.6 cm³/mol. The first kappa shape index (κ1) is 18.4. The fourth-order valence-corrected chi connectivity index (χ4v) is 3.08. The Morgan fingerprint density at radius 2 is 1.64 bits per heavy atom. The van der Waals surface area contributed by atoms with Gasteiger partial charge in [0, 0.05) is 6.04 Å². The highest BCUT2D eigenvalue weighted by Gasteiger charge is 2.29. The maximum atomic E-state index is 13.0. The van der Waals surface area contributed by atoms with Crippen LogP contribution in [-0.2, 0) is 14.8 Å². The molecule has 0 aromatic heterocycles. The van der Waals surface area contributed by atoms with Gasteiger partial charge in [0.2, 0.25) is 15.9 Å². The number of amides is 1. The van der Waals surface area contributed by atoms with Gasteiger partial charge in [-0.2, -0.15) is 0 Å². The van der Waals surface area contributed by atoms with Gasteiger partial charge in [0.25, 0.3) is 0 Å². The number of benzene rings is 1. The lowest BCUT2D eigenvalue weighted by Gasteiger charge is -2.29. The third-order valence-corrected chi connectivity index (χ3v) is 4.78. The predicted octanol–water partition coefficient (Wildman–Crippen LogP) is 2.14. The average Bonchev–Trinajstić information content (AvgIpc) is 2.39. The molecular weight excluding hydrogens is 307 g/mol. The van der Waals surface area contributed by atoms with Crippen molar-refractivity contribution in [2.24, 2.45) is 5.92 Å². The highest BCUT2D eigenvalue weighted by Crippen LogP contribution is 2.21. The Bertz CT molecular complexity index is 614. The second-order valence-corrected chi connectivity index (χ2v) is 7.61. The van der Waals surface area contributed by atoms with Crippen molar-refractivity contribution in [3.63, 3.8) is 0 Å². The normalized spacial score (nSPS) is 14.5. The van der Waals surface area contributed by atoms with Crippen LogP contribution in [0.1, 0.15) is 27.7 Å². The van der Waals surface area contributed by atoms with Crippen LogP contribution in [0.5, 0.6) is 0 Å². The highest BCUT2D eigenvalue weighted by atomic mass is 32.2. The van der Waals surface area contributed by atoms with Crippen LogP contribution in [0, 0.1) is 11.7 Å². The Labute approximate surface area is 131 Å². The molecule has 1 amide bonds. The van der Waals surface area contributed by atoms with E-state index in [9.17, 15) is 17.6 Å². The van der Waals surface area contributed by atoms with Crippen LogP contribution in [0.3, 0.4) is 0 Å². The molecule has 1 rings (SSSR count). The molecule has 0 spiro atoms. The molecule has 0 aliphatic heterocycles. The second kappa shape index (κ2) is 7.09. The number of hydrogen-bond acceptors (Lipinski definition) is 3. The van der Waals surface area contributed by atoms with Crippen LogP contribution in [0.25, 0.3) is 0 Å². The third-order valence-electron chi connectivity index (χ3n) is 3.54. The standard InChI is InChI=1S/C15H23FN2O3S/c1-10(2)11(3)17-15(19)12(4)18(22(5,20)21)14-8-6-13(16)7-9-14/h6-12H,1-5H3,(H,17,19)/t11-,12-/m1/s1. The summed E-state index contributed by atoms with van der Waals surface area (Å²) in [6.45, 7) is 7.29. The number of sulfonamides is 1. The minimum absolute atomic E-state index is 0.0791. The molecule has 1 aromatic rings. The first-order chi connectivity index (χ1) is 10.0. The molecule has 124 valence electrons. The molecule has 7 heteroatoms. The molecule has 0 fully saturated rings. The highest BCUT2D eigenvalue weighted by molar-refractivity contribution is 7.92. The lowest BCUT2D eigenvalue weighted by molar-refractivity contribution is -0.122. The van der Waals surface area contributed by atoms with E-state index in [4.69, 9.17) is 0 Å². The maximum absolute atomic E-state index is 13.0. The smallest absolute Gasteiger partial charge is 0.243 e. The molecule has 1 N–H and O–H groups in total. The number of nitrogens with one attached hydrogen (secondary N) is 1. The van der Waals surface area contributed by atoms with Crippen LogP contribution in [-0.4, -0.2) is 32.7 Å². The molecule has 0 bridgehead atoms. The second-order valence-electron chi connectivity index (χ2n) is 5.75. The lowest BCUT2D eigenvalue weighted by Crippen LogP contribution is -2.50. The minimum atomic E-state index is -3.68. The van der Waals surface area contributed by atoms with Crippen molar-refractivity contribution in [3.8, 4) is 0 Å². The first-order valence-corrected chi connectivity index (χ1v) is 8.94. The average molecular weight is 330 g/mol. The molecule has 0 unspecified atom stereocenters. The Balaban J connectivity index is 3.08. The summed E-state index contributed by atoms with van der Waals surface area (Å²) in [6.07, 6.45) is 1.02. The summed E-state index contributed by atoms with van der Waals surface area (Å²) in [4.78, 5) is 12.3. The number of carbonyl (C=O) groups is 1. The van der Waals surface area contributed by atoms with Gasteiger partial charge in [-0.15, -0.1) is 0 Å². The molecule has 0 heterocycles. The third kappa shape index (κ3) is 4.69. The summed E-state index contributed by atoms with van der Waals surface area (Å²) in [6, 6.07) is 3.99. The summed E-state index contributed by atoms with van der Waals surface area (Å²) in [5.41, 5.74) is 0.253. The van der Waals surface area contributed by atoms with E-state index in [1.807, 2.05) is 20.8 Å². The van der Waals surface area contributed by atoms with Gasteiger partial charge >= 0.3 is 0 Å². The summed E-state index contributed by atoms with van der Waals surface area (Å²) < 4.78 is 38.1. The molecule has 0 saturated carbocycles. The zero-order chi connectivity index (χ0) is 17.1. The van der Waals surface area contributed by atoms with Crippen LogP contribution in [0.15, 0.2) is 24.3 Å². The van der Waals surface area contributed by atoms with Gasteiger partial charge in [-0.25, -0.2) is 12.8 Å². The van der Waals surface area contributed by atoms with E-state index in [-0.39, 0.29) is 17.6 Å². The Morgan fingerprint density at radius 1 is 1.14 bits per heavy atom. The molecule has 0 aliphatic rings. The van der Waals surface area contributed by atoms with Crippen molar-refractivity contribution in [3.05, 3.63) is 30.1 Å². The van der Waals surface area contributed by atoms with Gasteiger partial charge < -0.3 is 5.32 Å². The summed E-state index contributed by atoms with van der Waals surface area (Å²) in [5.74, 6) is -0.632. The largest absolute Gasteiger partial charge is 0.352 e. The van der Waals surface area contributed by atoms with Gasteiger partial charge in [-0.3, -0.25) is 9.10 Å². The van der Waals surface area contributed by atoms with Gasteiger partial charge in [0.15, 0.2) is 0 Å². The molecule has 2 atom stereocenters. The van der Waals surface area contributed by atoms with E-state index in [1.54, 1.807) is 0 Å². The van der Waals surface area contributed by atoms with Crippen molar-refractivity contribution in [1.29, 1.82) is 0 Å². The first-order valence-electron chi connectivity index (χ1n) is 7.09. The lowest BCUT2D eigenvalue weighted by atomic mass is 10.1. The number of anilines is 1. The van der Waals surface area contributed by atoms with Crippen molar-refractivity contribution < 1.29 is 17.6 Å². The molecule has 0 radical (unpaired) electrons. The number of nitrogens with zero attached hydrogens (tertiary/aromatic N) is 1. The van der Waals surface area contributed by atoms with Crippen LogP contribution >= 0.6 is 0 Å². The van der Waals surface area contributed by atoms with E-state index in [2.05, 4.69) is 5.32 Å². The van der Waals surface area contributed by atoms with Crippen LogP contribution in [0.4, 0.5) is 10.1 Å². The zero-order valence-corrected chi connectivity index (χ0v) is 14.3. The summed E-state index contributed by atoms with van der Waals surface area (Å²) in [5, 5.41) is 2.79. The van der Waals surface area contributed by atoms with Gasteiger partial charge in [0.1, 0.15) is 11.9 Å². The van der Waals surface area contributed by atoms with Gasteiger partial charge in [-0.05, 0) is 44.0 Å². The van der Waals surface area contributed by atoms with Crippen LogP contribution < -0.4 is 9.62 Å². The molecule has 5 nitrogen and oxygen atoms in total. The van der Waals surface area contributed by atoms with E-state index in [0.29, 0.717) is 0 Å². The summed E-state index contributed by atoms with van der Waals surface area (Å²) in [7, 11) is -3.68. The van der Waals surface area contributed by atoms with Gasteiger partial charge in [-0.1, -0.05) is 13.8 Å². The van der Waals surface area contributed by atoms with Crippen molar-refractivity contribution in [2.75, 3.05) is 10.6 Å². The fraction of sp³-hybridized carbons (Fsp3) is 0.533. The van der Waals surface area contributed by atoms with Gasteiger partial charge in [0.05, 0.1) is 11.9 Å². The summed E-state index contributed by atoms with van der Waals surface area (Å²) >= 11 is 0. The number of rotatable bonds is 6. The van der Waals surface area contributed by atoms with E-state index in [1.165, 1.54) is 19.1 Å². The number of hydrogen-bond donors (Lipinski definition) is 1. The van der Waals surface area contributed by atoms with Crippen molar-refractivity contribution in [2.45, 2.75) is 39.8 Å².